The maximum atomic E-state index is 10.6. The van der Waals surface area contributed by atoms with E-state index in [0.717, 1.165) is 45.2 Å². The van der Waals surface area contributed by atoms with E-state index in [1.54, 1.807) is 6.20 Å². The molecule has 2 heterocycles. The van der Waals surface area contributed by atoms with Gasteiger partial charge in [0.05, 0.1) is 5.52 Å². The van der Waals surface area contributed by atoms with Gasteiger partial charge >= 0.3 is 24.3 Å². The number of alkyl halides is 6. The number of carboxylic acids is 2. The first-order valence-electron chi connectivity index (χ1n) is 11.4. The van der Waals surface area contributed by atoms with Crippen LogP contribution in [0.5, 0.6) is 5.75 Å². The number of H-pyrrole nitrogens is 1. The molecule has 0 bridgehead atoms. The van der Waals surface area contributed by atoms with Crippen LogP contribution >= 0.6 is 27.5 Å². The third kappa shape index (κ3) is 11.9. The van der Waals surface area contributed by atoms with E-state index in [2.05, 4.69) is 36.2 Å². The molecule has 2 aromatic heterocycles. The highest BCUT2D eigenvalue weighted by molar-refractivity contribution is 9.10. The van der Waals surface area contributed by atoms with Crippen molar-refractivity contribution in [2.45, 2.75) is 18.9 Å². The summed E-state index contributed by atoms with van der Waals surface area (Å²) in [5.41, 5.74) is 3.78. The molecule has 0 aliphatic carbocycles. The minimum absolute atomic E-state index is 0.593. The molecule has 4 rings (SSSR count). The lowest BCUT2D eigenvalue weighted by molar-refractivity contribution is -0.193. The van der Waals surface area contributed by atoms with Crippen LogP contribution in [0.4, 0.5) is 26.3 Å². The van der Waals surface area contributed by atoms with Crippen LogP contribution in [0, 0.1) is 0 Å². The zero-order valence-corrected chi connectivity index (χ0v) is 23.3. The molecule has 42 heavy (non-hydrogen) atoms. The molecule has 0 fully saturated rings. The lowest BCUT2D eigenvalue weighted by atomic mass is 10.2. The maximum Gasteiger partial charge on any atom is 0.490 e. The number of benzene rings is 2. The van der Waals surface area contributed by atoms with E-state index < -0.39 is 24.3 Å². The number of hydrogen-bond donors (Lipinski definition) is 4. The molecule has 17 heteroatoms. The van der Waals surface area contributed by atoms with Gasteiger partial charge in [0.1, 0.15) is 18.2 Å². The number of aliphatic carboxylic acids is 2. The molecule has 0 saturated heterocycles. The molecule has 0 amide bonds. The Hall–Kier alpha value is -3.89. The van der Waals surface area contributed by atoms with Gasteiger partial charge in [-0.2, -0.15) is 26.3 Å². The Morgan fingerprint density at radius 2 is 1.50 bits per heavy atom. The molecule has 9 nitrogen and oxygen atoms in total. The lowest BCUT2D eigenvalue weighted by Gasteiger charge is -2.08. The van der Waals surface area contributed by atoms with E-state index in [9.17, 15) is 26.3 Å². The van der Waals surface area contributed by atoms with Crippen LogP contribution in [0.25, 0.3) is 22.6 Å². The van der Waals surface area contributed by atoms with E-state index in [0.29, 0.717) is 12.3 Å². The van der Waals surface area contributed by atoms with Crippen LogP contribution in [-0.2, 0) is 16.1 Å². The molecule has 226 valence electrons. The number of imidazole rings is 1. The Kier molecular flexibility index (Phi) is 12.6. The van der Waals surface area contributed by atoms with Gasteiger partial charge in [-0.1, -0.05) is 23.7 Å². The minimum Gasteiger partial charge on any atom is -0.492 e. The quantitative estimate of drug-likeness (QED) is 0.128. The van der Waals surface area contributed by atoms with Gasteiger partial charge in [0.15, 0.2) is 5.65 Å². The maximum absolute atomic E-state index is 10.6. The number of fused-ring (bicyclic) bond motifs is 1. The summed E-state index contributed by atoms with van der Waals surface area (Å²) in [5.74, 6) is -3.90. The number of aromatic amines is 1. The second-order valence-corrected chi connectivity index (χ2v) is 9.24. The first-order chi connectivity index (χ1) is 19.6. The number of ether oxygens (including phenoxy) is 1. The van der Waals surface area contributed by atoms with Crippen LogP contribution in [-0.4, -0.2) is 62.6 Å². The molecule has 0 radical (unpaired) electrons. The molecule has 4 aromatic rings. The smallest absolute Gasteiger partial charge is 0.490 e. The van der Waals surface area contributed by atoms with Crippen LogP contribution in [0.2, 0.25) is 5.02 Å². The van der Waals surface area contributed by atoms with Crippen molar-refractivity contribution in [1.29, 1.82) is 0 Å². The van der Waals surface area contributed by atoms with Gasteiger partial charge in [0.25, 0.3) is 0 Å². The second kappa shape index (κ2) is 15.4. The summed E-state index contributed by atoms with van der Waals surface area (Å²) >= 11 is 9.31. The monoisotopic (exact) mass is 684 g/mol. The van der Waals surface area contributed by atoms with Crippen molar-refractivity contribution < 1.29 is 50.9 Å². The molecule has 0 aliphatic heterocycles. The van der Waals surface area contributed by atoms with Crippen LogP contribution in [0.15, 0.2) is 65.3 Å². The van der Waals surface area contributed by atoms with Crippen molar-refractivity contribution >= 4 is 50.6 Å². The van der Waals surface area contributed by atoms with E-state index in [1.807, 2.05) is 54.6 Å². The number of rotatable bonds is 7. The Morgan fingerprint density at radius 3 is 2.02 bits per heavy atom. The SMILES string of the molecule is Clc1ccc(CNCCOc2ccc(-c3nc4ncc(Br)cc4[nH]3)cc2)cc1.O=C(O)C(F)(F)F.O=C(O)C(F)(F)F. The molecule has 2 aromatic carbocycles. The number of carbonyl (C=O) groups is 2. The van der Waals surface area contributed by atoms with E-state index >= 15 is 0 Å². The highest BCUT2D eigenvalue weighted by atomic mass is 79.9. The molecular formula is C25H20BrClF6N4O5. The van der Waals surface area contributed by atoms with Crippen molar-refractivity contribution in [1.82, 2.24) is 20.3 Å². The Balaban J connectivity index is 0.000000367. The summed E-state index contributed by atoms with van der Waals surface area (Å²) in [5, 5.41) is 18.4. The van der Waals surface area contributed by atoms with Crippen molar-refractivity contribution in [3.63, 3.8) is 0 Å². The fourth-order valence-electron chi connectivity index (χ4n) is 2.80. The largest absolute Gasteiger partial charge is 0.492 e. The highest BCUT2D eigenvalue weighted by Gasteiger charge is 2.38. The summed E-state index contributed by atoms with van der Waals surface area (Å²) in [6, 6.07) is 17.7. The molecule has 0 saturated carbocycles. The van der Waals surface area contributed by atoms with Crippen molar-refractivity contribution in [3.05, 3.63) is 75.9 Å². The summed E-state index contributed by atoms with van der Waals surface area (Å²) < 4.78 is 70.2. The third-order valence-corrected chi connectivity index (χ3v) is 5.39. The number of nitrogens with zero attached hydrogens (tertiary/aromatic N) is 2. The second-order valence-electron chi connectivity index (χ2n) is 7.89. The summed E-state index contributed by atoms with van der Waals surface area (Å²) in [6.45, 7) is 2.14. The van der Waals surface area contributed by atoms with Crippen molar-refractivity contribution in [2.24, 2.45) is 0 Å². The number of pyridine rings is 1. The number of halogens is 8. The number of aromatic nitrogens is 3. The molecule has 4 N–H and O–H groups in total. The fraction of sp³-hybridized carbons (Fsp3) is 0.200. The van der Waals surface area contributed by atoms with E-state index in [1.165, 1.54) is 5.56 Å². The Bertz CT molecular complexity index is 1440. The first-order valence-corrected chi connectivity index (χ1v) is 12.5. The summed E-state index contributed by atoms with van der Waals surface area (Å²) in [4.78, 5) is 29.9. The first kappa shape index (κ1) is 34.3. The number of hydrogen-bond acceptors (Lipinski definition) is 6. The topological polar surface area (TPSA) is 137 Å². The van der Waals surface area contributed by atoms with Gasteiger partial charge in [0, 0.05) is 34.3 Å². The zero-order valence-electron chi connectivity index (χ0n) is 20.9. The van der Waals surface area contributed by atoms with Crippen LogP contribution in [0.3, 0.4) is 0 Å². The highest BCUT2D eigenvalue weighted by Crippen LogP contribution is 2.23. The number of nitrogens with one attached hydrogen (secondary N) is 2. The van der Waals surface area contributed by atoms with Crippen LogP contribution in [0.1, 0.15) is 5.56 Å². The zero-order chi connectivity index (χ0) is 31.5. The lowest BCUT2D eigenvalue weighted by Crippen LogP contribution is -2.21. The van der Waals surface area contributed by atoms with Gasteiger partial charge in [-0.25, -0.2) is 19.6 Å². The summed E-state index contributed by atoms with van der Waals surface area (Å²) in [6.07, 6.45) is -8.43. The fourth-order valence-corrected chi connectivity index (χ4v) is 3.25. The molecule has 0 unspecified atom stereocenters. The predicted octanol–water partition coefficient (Wildman–Crippen LogP) is 6.48. The van der Waals surface area contributed by atoms with Gasteiger partial charge in [0.2, 0.25) is 0 Å². The molecule has 0 spiro atoms. The molecular weight excluding hydrogens is 666 g/mol. The standard InChI is InChI=1S/C21H18BrClN4O.2C2HF3O2/c22-16-11-19-21(25-13-16)27-20(26-19)15-3-7-18(8-4-15)28-10-9-24-12-14-1-5-17(23)6-2-14;2*3-2(4,5)1(6)7/h1-8,11,13,24H,9-10,12H2,(H,25,26,27);2*(H,6,7). The van der Waals surface area contributed by atoms with Crippen molar-refractivity contribution in [2.75, 3.05) is 13.2 Å². The average molecular weight is 686 g/mol. The number of carboxylic acid groups (broad SMARTS) is 2. The normalized spacial score (nSPS) is 11.1. The third-order valence-electron chi connectivity index (χ3n) is 4.71. The molecule has 0 atom stereocenters. The Morgan fingerprint density at radius 1 is 0.952 bits per heavy atom. The van der Waals surface area contributed by atoms with E-state index in [4.69, 9.17) is 36.1 Å². The van der Waals surface area contributed by atoms with Gasteiger partial charge < -0.3 is 25.3 Å². The predicted molar refractivity (Wildman–Crippen MR) is 143 cm³/mol. The van der Waals surface area contributed by atoms with Gasteiger partial charge in [-0.3, -0.25) is 0 Å². The molecule has 0 aliphatic rings. The van der Waals surface area contributed by atoms with Crippen LogP contribution < -0.4 is 10.1 Å². The Labute approximate surface area is 246 Å². The minimum atomic E-state index is -5.08. The van der Waals surface area contributed by atoms with Crippen molar-refractivity contribution in [3.8, 4) is 17.1 Å². The average Bonchev–Trinajstić information content (AvgIpc) is 3.33. The van der Waals surface area contributed by atoms with Gasteiger partial charge in [-0.05, 0) is 64.0 Å². The van der Waals surface area contributed by atoms with E-state index in [-0.39, 0.29) is 0 Å². The summed E-state index contributed by atoms with van der Waals surface area (Å²) in [7, 11) is 0. The van der Waals surface area contributed by atoms with Gasteiger partial charge in [-0.15, -0.1) is 0 Å².